The predicted molar refractivity (Wildman–Crippen MR) is 37.0 cm³/mol. The third-order valence-electron chi connectivity index (χ3n) is 1.08. The van der Waals surface area contributed by atoms with Gasteiger partial charge in [-0.15, -0.1) is 0 Å². The van der Waals surface area contributed by atoms with Gasteiger partial charge in [-0.3, -0.25) is 4.79 Å². The smallest absolute Gasteiger partial charge is 0.323 e. The highest BCUT2D eigenvalue weighted by molar-refractivity contribution is 5.73. The first-order valence-corrected chi connectivity index (χ1v) is 3.17. The third-order valence-corrected chi connectivity index (χ3v) is 1.08. The fourth-order valence-electron chi connectivity index (χ4n) is 0.631. The lowest BCUT2D eigenvalue weighted by Crippen LogP contribution is -2.40. The third kappa shape index (κ3) is 3.42. The van der Waals surface area contributed by atoms with Crippen LogP contribution in [0.4, 0.5) is 0 Å². The van der Waals surface area contributed by atoms with Gasteiger partial charge >= 0.3 is 5.97 Å². The van der Waals surface area contributed by atoms with Crippen LogP contribution in [-0.2, 0) is 9.53 Å². The second kappa shape index (κ2) is 5.20. The Morgan fingerprint density at radius 3 is 2.70 bits per heavy atom. The Labute approximate surface area is 60.2 Å². The van der Waals surface area contributed by atoms with Crippen LogP contribution in [0, 0.1) is 0 Å². The van der Waals surface area contributed by atoms with Crippen molar-refractivity contribution in [1.29, 1.82) is 0 Å². The van der Waals surface area contributed by atoms with Crippen molar-refractivity contribution >= 4 is 5.97 Å². The molecule has 0 aromatic carbocycles. The van der Waals surface area contributed by atoms with Gasteiger partial charge < -0.3 is 15.2 Å². The van der Waals surface area contributed by atoms with Crippen LogP contribution in [0.1, 0.15) is 6.92 Å². The van der Waals surface area contributed by atoms with Gasteiger partial charge in [-0.1, -0.05) is 6.92 Å². The van der Waals surface area contributed by atoms with Gasteiger partial charge in [0.2, 0.25) is 0 Å². The second-order valence-corrected chi connectivity index (χ2v) is 1.90. The van der Waals surface area contributed by atoms with Crippen LogP contribution < -0.4 is 5.32 Å². The van der Waals surface area contributed by atoms with Gasteiger partial charge in [-0.2, -0.15) is 0 Å². The minimum atomic E-state index is -0.872. The van der Waals surface area contributed by atoms with Crippen molar-refractivity contribution in [1.82, 2.24) is 5.32 Å². The number of rotatable bonds is 5. The summed E-state index contributed by atoms with van der Waals surface area (Å²) in [4.78, 5) is 10.3. The molecule has 10 heavy (non-hydrogen) atoms. The summed E-state index contributed by atoms with van der Waals surface area (Å²) in [7, 11) is 1.48. The second-order valence-electron chi connectivity index (χ2n) is 1.90. The molecule has 0 radical (unpaired) electrons. The van der Waals surface area contributed by atoms with Gasteiger partial charge in [0.1, 0.15) is 6.04 Å². The number of carboxylic acids is 1. The van der Waals surface area contributed by atoms with E-state index in [0.717, 1.165) is 0 Å². The number of methoxy groups -OCH3 is 1. The van der Waals surface area contributed by atoms with Crippen LogP contribution in [0.3, 0.4) is 0 Å². The molecule has 0 fully saturated rings. The van der Waals surface area contributed by atoms with E-state index in [9.17, 15) is 4.79 Å². The molecule has 0 spiro atoms. The van der Waals surface area contributed by atoms with Crippen LogP contribution in [0.25, 0.3) is 0 Å². The predicted octanol–water partition coefficient (Wildman–Crippen LogP) is -0.305. The standard InChI is InChI=1S/C6H13NO3/c1-3-7-5(4-10-2)6(8)9/h5,7H,3-4H2,1-2H3,(H,8,9)/t5-/m0/s1. The van der Waals surface area contributed by atoms with Gasteiger partial charge in [0, 0.05) is 7.11 Å². The van der Waals surface area contributed by atoms with E-state index < -0.39 is 12.0 Å². The Balaban J connectivity index is 3.61. The van der Waals surface area contributed by atoms with E-state index in [1.54, 1.807) is 0 Å². The number of likely N-dealkylation sites (N-methyl/N-ethyl adjacent to an activating group) is 1. The zero-order valence-electron chi connectivity index (χ0n) is 6.26. The van der Waals surface area contributed by atoms with Crippen molar-refractivity contribution in [3.8, 4) is 0 Å². The van der Waals surface area contributed by atoms with Gasteiger partial charge in [0.15, 0.2) is 0 Å². The topological polar surface area (TPSA) is 58.6 Å². The van der Waals surface area contributed by atoms with Gasteiger partial charge in [0.25, 0.3) is 0 Å². The number of hydrogen-bond donors (Lipinski definition) is 2. The summed E-state index contributed by atoms with van der Waals surface area (Å²) >= 11 is 0. The number of carbonyl (C=O) groups is 1. The Hall–Kier alpha value is -0.610. The first-order chi connectivity index (χ1) is 4.72. The van der Waals surface area contributed by atoms with Crippen LogP contribution in [0.15, 0.2) is 0 Å². The highest BCUT2D eigenvalue weighted by atomic mass is 16.5. The Morgan fingerprint density at radius 2 is 2.40 bits per heavy atom. The summed E-state index contributed by atoms with van der Waals surface area (Å²) in [5.41, 5.74) is 0. The normalized spacial score (nSPS) is 13.0. The summed E-state index contributed by atoms with van der Waals surface area (Å²) in [5, 5.41) is 11.3. The zero-order chi connectivity index (χ0) is 7.98. The van der Waals surface area contributed by atoms with Crippen LogP contribution >= 0.6 is 0 Å². The van der Waals surface area contributed by atoms with Crippen molar-refractivity contribution < 1.29 is 14.6 Å². The maximum atomic E-state index is 10.3. The molecule has 0 aromatic heterocycles. The Morgan fingerprint density at radius 1 is 1.80 bits per heavy atom. The van der Waals surface area contributed by atoms with Crippen LogP contribution in [0.5, 0.6) is 0 Å². The largest absolute Gasteiger partial charge is 0.480 e. The molecule has 0 aromatic rings. The maximum absolute atomic E-state index is 10.3. The number of hydrogen-bond acceptors (Lipinski definition) is 3. The van der Waals surface area contributed by atoms with Crippen molar-refractivity contribution in [2.75, 3.05) is 20.3 Å². The molecular weight excluding hydrogens is 134 g/mol. The summed E-state index contributed by atoms with van der Waals surface area (Å²) in [5.74, 6) is -0.872. The van der Waals surface area contributed by atoms with Gasteiger partial charge in [-0.05, 0) is 6.54 Å². The molecule has 2 N–H and O–H groups in total. The number of carboxylic acid groups (broad SMARTS) is 1. The molecule has 1 atom stereocenters. The Kier molecular flexibility index (Phi) is 4.88. The lowest BCUT2D eigenvalue weighted by molar-refractivity contribution is -0.140. The minimum absolute atomic E-state index is 0.211. The molecule has 0 aliphatic heterocycles. The number of aliphatic carboxylic acids is 1. The summed E-state index contributed by atoms with van der Waals surface area (Å²) in [6.07, 6.45) is 0. The van der Waals surface area contributed by atoms with Crippen molar-refractivity contribution in [2.24, 2.45) is 0 Å². The lowest BCUT2D eigenvalue weighted by atomic mass is 10.3. The first kappa shape index (κ1) is 9.39. The zero-order valence-corrected chi connectivity index (χ0v) is 6.26. The van der Waals surface area contributed by atoms with Crippen molar-refractivity contribution in [2.45, 2.75) is 13.0 Å². The SMILES string of the molecule is CCN[C@@H](COC)C(=O)O. The first-order valence-electron chi connectivity index (χ1n) is 3.17. The molecule has 0 heterocycles. The van der Waals surface area contributed by atoms with E-state index in [-0.39, 0.29) is 6.61 Å². The van der Waals surface area contributed by atoms with E-state index in [2.05, 4.69) is 10.1 Å². The molecule has 0 bridgehead atoms. The highest BCUT2D eigenvalue weighted by Gasteiger charge is 2.14. The summed E-state index contributed by atoms with van der Waals surface area (Å²) in [6, 6.07) is -0.574. The molecule has 0 aliphatic carbocycles. The van der Waals surface area contributed by atoms with Crippen molar-refractivity contribution in [3.63, 3.8) is 0 Å². The average Bonchev–Trinajstić information content (AvgIpc) is 1.87. The molecular formula is C6H13NO3. The van der Waals surface area contributed by atoms with E-state index in [1.165, 1.54) is 7.11 Å². The van der Waals surface area contributed by atoms with E-state index in [0.29, 0.717) is 6.54 Å². The fraction of sp³-hybridized carbons (Fsp3) is 0.833. The highest BCUT2D eigenvalue weighted by Crippen LogP contribution is 1.83. The molecule has 0 amide bonds. The summed E-state index contributed by atoms with van der Waals surface area (Å²) < 4.78 is 4.67. The molecule has 0 aliphatic rings. The lowest BCUT2D eigenvalue weighted by Gasteiger charge is -2.10. The van der Waals surface area contributed by atoms with E-state index in [4.69, 9.17) is 5.11 Å². The molecule has 0 rings (SSSR count). The van der Waals surface area contributed by atoms with Gasteiger partial charge in [0.05, 0.1) is 6.61 Å². The van der Waals surface area contributed by atoms with E-state index in [1.807, 2.05) is 6.92 Å². The van der Waals surface area contributed by atoms with Crippen LogP contribution in [-0.4, -0.2) is 37.4 Å². The number of nitrogens with one attached hydrogen (secondary N) is 1. The average molecular weight is 147 g/mol. The molecule has 4 heteroatoms. The maximum Gasteiger partial charge on any atom is 0.323 e. The van der Waals surface area contributed by atoms with Gasteiger partial charge in [-0.25, -0.2) is 0 Å². The fourth-order valence-corrected chi connectivity index (χ4v) is 0.631. The van der Waals surface area contributed by atoms with Crippen LogP contribution in [0.2, 0.25) is 0 Å². The molecule has 60 valence electrons. The Bertz CT molecular complexity index is 99.2. The van der Waals surface area contributed by atoms with Crippen molar-refractivity contribution in [3.05, 3.63) is 0 Å². The quantitative estimate of drug-likeness (QED) is 0.560. The summed E-state index contributed by atoms with van der Waals surface area (Å²) in [6.45, 7) is 2.70. The molecule has 0 unspecified atom stereocenters. The van der Waals surface area contributed by atoms with E-state index >= 15 is 0 Å². The monoisotopic (exact) mass is 147 g/mol. The molecule has 0 saturated heterocycles. The molecule has 4 nitrogen and oxygen atoms in total. The minimum Gasteiger partial charge on any atom is -0.480 e. The molecule has 0 saturated carbocycles. The number of ether oxygens (including phenoxy) is 1.